The van der Waals surface area contributed by atoms with Crippen molar-refractivity contribution in [2.24, 2.45) is 5.92 Å². The van der Waals surface area contributed by atoms with E-state index in [0.29, 0.717) is 11.5 Å². The molecule has 1 unspecified atom stereocenters. The monoisotopic (exact) mass is 277 g/mol. The molecule has 1 aromatic carbocycles. The smallest absolute Gasteiger partial charge is 0.208 e. The Hall–Kier alpha value is -1.49. The van der Waals surface area contributed by atoms with Crippen LogP contribution >= 0.6 is 11.3 Å². The Labute approximate surface area is 116 Å². The van der Waals surface area contributed by atoms with Gasteiger partial charge in [0.2, 0.25) is 5.13 Å². The van der Waals surface area contributed by atoms with Gasteiger partial charge in [-0.05, 0) is 42.9 Å². The summed E-state index contributed by atoms with van der Waals surface area (Å²) >= 11 is 1.58. The Kier molecular flexibility index (Phi) is 3.46. The van der Waals surface area contributed by atoms with E-state index in [0.717, 1.165) is 36.6 Å². The van der Waals surface area contributed by atoms with E-state index in [9.17, 15) is 4.39 Å². The Morgan fingerprint density at radius 2 is 2.37 bits per heavy atom. The van der Waals surface area contributed by atoms with Gasteiger partial charge in [0.1, 0.15) is 11.3 Å². The molecule has 0 saturated carbocycles. The molecule has 3 rings (SSSR count). The molecule has 0 amide bonds. The average molecular weight is 277 g/mol. The summed E-state index contributed by atoms with van der Waals surface area (Å²) in [5.74, 6) is 0.475. The van der Waals surface area contributed by atoms with Gasteiger partial charge in [0.05, 0.1) is 0 Å². The zero-order valence-corrected chi connectivity index (χ0v) is 11.7. The highest BCUT2D eigenvalue weighted by Crippen LogP contribution is 2.27. The number of anilines is 1. The van der Waals surface area contributed by atoms with Crippen LogP contribution in [0.25, 0.3) is 0 Å². The van der Waals surface area contributed by atoms with Crippen LogP contribution in [0.3, 0.4) is 0 Å². The fourth-order valence-electron chi connectivity index (χ4n) is 2.57. The first-order chi connectivity index (χ1) is 9.22. The number of benzene rings is 1. The minimum Gasteiger partial charge on any atom is -0.346 e. The van der Waals surface area contributed by atoms with E-state index in [1.165, 1.54) is 0 Å². The Bertz CT molecular complexity index is 556. The van der Waals surface area contributed by atoms with Crippen molar-refractivity contribution in [3.05, 3.63) is 40.7 Å². The van der Waals surface area contributed by atoms with Crippen molar-refractivity contribution < 1.29 is 4.39 Å². The number of hydrogen-bond donors (Lipinski definition) is 0. The fourth-order valence-corrected chi connectivity index (χ4v) is 3.17. The molecule has 3 nitrogen and oxygen atoms in total. The molecule has 1 fully saturated rings. The summed E-state index contributed by atoms with van der Waals surface area (Å²) < 4.78 is 13.5. The van der Waals surface area contributed by atoms with Crippen molar-refractivity contribution in [2.45, 2.75) is 19.8 Å². The zero-order valence-electron chi connectivity index (χ0n) is 10.8. The van der Waals surface area contributed by atoms with Crippen LogP contribution in [0, 0.1) is 18.7 Å². The van der Waals surface area contributed by atoms with E-state index in [2.05, 4.69) is 15.1 Å². The first-order valence-corrected chi connectivity index (χ1v) is 7.36. The predicted molar refractivity (Wildman–Crippen MR) is 75.1 cm³/mol. The third kappa shape index (κ3) is 2.76. The SMILES string of the molecule is Cc1ccc(CC2CCN(c3nncs3)C2)cc1F. The Morgan fingerprint density at radius 1 is 1.47 bits per heavy atom. The molecule has 2 aromatic rings. The van der Waals surface area contributed by atoms with E-state index in [1.54, 1.807) is 29.8 Å². The number of aromatic nitrogens is 2. The molecule has 1 aromatic heterocycles. The standard InChI is InChI=1S/C14H16FN3S/c1-10-2-3-11(7-13(10)15)6-12-4-5-18(8-12)14-17-16-9-19-14/h2-3,7,9,12H,4-6,8H2,1H3. The van der Waals surface area contributed by atoms with E-state index < -0.39 is 0 Å². The molecule has 1 aliphatic heterocycles. The van der Waals surface area contributed by atoms with Gasteiger partial charge < -0.3 is 4.90 Å². The molecule has 2 heterocycles. The van der Waals surface area contributed by atoms with Crippen LogP contribution in [0.5, 0.6) is 0 Å². The van der Waals surface area contributed by atoms with Gasteiger partial charge in [-0.25, -0.2) is 4.39 Å². The molecule has 1 aliphatic rings. The minimum atomic E-state index is -0.100. The first-order valence-electron chi connectivity index (χ1n) is 6.48. The summed E-state index contributed by atoms with van der Waals surface area (Å²) in [5, 5.41) is 8.97. The molecule has 0 N–H and O–H groups in total. The molecule has 0 radical (unpaired) electrons. The lowest BCUT2D eigenvalue weighted by Gasteiger charge is -2.14. The molecular weight excluding hydrogens is 261 g/mol. The highest BCUT2D eigenvalue weighted by Gasteiger charge is 2.24. The van der Waals surface area contributed by atoms with Crippen LogP contribution in [-0.2, 0) is 6.42 Å². The molecule has 0 spiro atoms. The van der Waals surface area contributed by atoms with Crippen molar-refractivity contribution in [1.29, 1.82) is 0 Å². The lowest BCUT2D eigenvalue weighted by Crippen LogP contribution is -2.20. The highest BCUT2D eigenvalue weighted by molar-refractivity contribution is 7.13. The van der Waals surface area contributed by atoms with Gasteiger partial charge in [-0.3, -0.25) is 0 Å². The van der Waals surface area contributed by atoms with Crippen LogP contribution in [0.2, 0.25) is 0 Å². The van der Waals surface area contributed by atoms with Crippen molar-refractivity contribution in [3.63, 3.8) is 0 Å². The van der Waals surface area contributed by atoms with Crippen molar-refractivity contribution in [2.75, 3.05) is 18.0 Å². The second-order valence-electron chi connectivity index (χ2n) is 5.11. The third-order valence-corrected chi connectivity index (χ3v) is 4.42. The van der Waals surface area contributed by atoms with Crippen LogP contribution in [0.1, 0.15) is 17.5 Å². The topological polar surface area (TPSA) is 29.0 Å². The number of nitrogens with zero attached hydrogens (tertiary/aromatic N) is 3. The summed E-state index contributed by atoms with van der Waals surface area (Å²) in [7, 11) is 0. The Balaban J connectivity index is 1.64. The van der Waals surface area contributed by atoms with Gasteiger partial charge in [0.25, 0.3) is 0 Å². The normalized spacial score (nSPS) is 19.1. The maximum atomic E-state index is 13.5. The van der Waals surface area contributed by atoms with Crippen LogP contribution < -0.4 is 4.90 Å². The summed E-state index contributed by atoms with van der Waals surface area (Å²) in [5.41, 5.74) is 3.57. The van der Waals surface area contributed by atoms with Gasteiger partial charge in [0.15, 0.2) is 0 Å². The lowest BCUT2D eigenvalue weighted by molar-refractivity contribution is 0.576. The first kappa shape index (κ1) is 12.5. The largest absolute Gasteiger partial charge is 0.346 e. The summed E-state index contributed by atoms with van der Waals surface area (Å²) in [6.07, 6.45) is 2.07. The summed E-state index contributed by atoms with van der Waals surface area (Å²) in [6, 6.07) is 5.57. The lowest BCUT2D eigenvalue weighted by atomic mass is 9.98. The Morgan fingerprint density at radius 3 is 3.11 bits per heavy atom. The van der Waals surface area contributed by atoms with Crippen molar-refractivity contribution in [3.8, 4) is 0 Å². The predicted octanol–water partition coefficient (Wildman–Crippen LogP) is 3.05. The van der Waals surface area contributed by atoms with E-state index in [4.69, 9.17) is 0 Å². The second kappa shape index (κ2) is 5.25. The van der Waals surface area contributed by atoms with Crippen molar-refractivity contribution in [1.82, 2.24) is 10.2 Å². The fraction of sp³-hybridized carbons (Fsp3) is 0.429. The maximum Gasteiger partial charge on any atom is 0.208 e. The minimum absolute atomic E-state index is 0.100. The average Bonchev–Trinajstić information content (AvgIpc) is 3.04. The van der Waals surface area contributed by atoms with Crippen molar-refractivity contribution >= 4 is 16.5 Å². The molecular formula is C14H16FN3S. The molecule has 100 valence electrons. The van der Waals surface area contributed by atoms with E-state index in [1.807, 2.05) is 12.1 Å². The molecule has 1 saturated heterocycles. The molecule has 5 heteroatoms. The highest BCUT2D eigenvalue weighted by atomic mass is 32.1. The number of halogens is 1. The zero-order chi connectivity index (χ0) is 13.2. The maximum absolute atomic E-state index is 13.5. The number of rotatable bonds is 3. The van der Waals surface area contributed by atoms with Gasteiger partial charge in [0, 0.05) is 13.1 Å². The second-order valence-corrected chi connectivity index (χ2v) is 5.92. The summed E-state index contributed by atoms with van der Waals surface area (Å²) in [6.45, 7) is 3.81. The molecule has 0 aliphatic carbocycles. The molecule has 1 atom stereocenters. The van der Waals surface area contributed by atoms with Gasteiger partial charge in [-0.15, -0.1) is 10.2 Å². The number of hydrogen-bond acceptors (Lipinski definition) is 4. The quantitative estimate of drug-likeness (QED) is 0.863. The van der Waals surface area contributed by atoms with Crippen LogP contribution in [0.15, 0.2) is 23.7 Å². The molecule has 0 bridgehead atoms. The van der Waals surface area contributed by atoms with Gasteiger partial charge >= 0.3 is 0 Å². The van der Waals surface area contributed by atoms with E-state index in [-0.39, 0.29) is 5.82 Å². The van der Waals surface area contributed by atoms with Crippen LogP contribution in [-0.4, -0.2) is 23.3 Å². The van der Waals surface area contributed by atoms with Gasteiger partial charge in [-0.2, -0.15) is 0 Å². The van der Waals surface area contributed by atoms with E-state index >= 15 is 0 Å². The third-order valence-electron chi connectivity index (χ3n) is 3.67. The summed E-state index contributed by atoms with van der Waals surface area (Å²) in [4.78, 5) is 2.27. The van der Waals surface area contributed by atoms with Crippen LogP contribution in [0.4, 0.5) is 9.52 Å². The molecule has 19 heavy (non-hydrogen) atoms. The number of aryl methyl sites for hydroxylation is 1. The van der Waals surface area contributed by atoms with Gasteiger partial charge in [-0.1, -0.05) is 23.5 Å².